The van der Waals surface area contributed by atoms with Crippen LogP contribution in [0.4, 0.5) is 5.69 Å². The molecule has 1 aromatic carbocycles. The molecule has 29 heavy (non-hydrogen) atoms. The number of aliphatic hydroxyl groups is 1. The van der Waals surface area contributed by atoms with Crippen LogP contribution < -0.4 is 15.5 Å². The van der Waals surface area contributed by atoms with Gasteiger partial charge >= 0.3 is 0 Å². The van der Waals surface area contributed by atoms with E-state index in [0.29, 0.717) is 13.1 Å². The van der Waals surface area contributed by atoms with Crippen LogP contribution >= 0.6 is 24.0 Å². The molecule has 0 aromatic heterocycles. The van der Waals surface area contributed by atoms with Gasteiger partial charge in [-0.05, 0) is 31.4 Å². The smallest absolute Gasteiger partial charge is 0.191 e. The van der Waals surface area contributed by atoms with Gasteiger partial charge in [0.25, 0.3) is 0 Å². The zero-order valence-corrected chi connectivity index (χ0v) is 20.6. The third kappa shape index (κ3) is 8.68. The van der Waals surface area contributed by atoms with Crippen molar-refractivity contribution in [3.63, 3.8) is 0 Å². The molecule has 0 radical (unpaired) electrons. The molecule has 6 nitrogen and oxygen atoms in total. The molecule has 1 heterocycles. The van der Waals surface area contributed by atoms with Crippen LogP contribution in [0, 0.1) is 0 Å². The van der Waals surface area contributed by atoms with E-state index in [-0.39, 0.29) is 24.0 Å². The van der Waals surface area contributed by atoms with Crippen LogP contribution in [0.2, 0.25) is 0 Å². The van der Waals surface area contributed by atoms with Crippen molar-refractivity contribution in [1.29, 1.82) is 0 Å². The Balaban J connectivity index is 0.00000420. The summed E-state index contributed by atoms with van der Waals surface area (Å²) in [6.45, 7) is 11.6. The molecule has 1 aromatic rings. The van der Waals surface area contributed by atoms with E-state index in [2.05, 4.69) is 60.6 Å². The molecule has 0 aliphatic carbocycles. The summed E-state index contributed by atoms with van der Waals surface area (Å²) < 4.78 is 5.48. The molecule has 0 amide bonds. The lowest BCUT2D eigenvalue weighted by atomic mass is 9.93. The average Bonchev–Trinajstić information content (AvgIpc) is 2.71. The molecule has 0 bridgehead atoms. The van der Waals surface area contributed by atoms with Gasteiger partial charge in [-0.1, -0.05) is 44.9 Å². The van der Waals surface area contributed by atoms with E-state index in [1.807, 2.05) is 0 Å². The fourth-order valence-electron chi connectivity index (χ4n) is 3.74. The van der Waals surface area contributed by atoms with Gasteiger partial charge < -0.3 is 25.4 Å². The lowest BCUT2D eigenvalue weighted by molar-refractivity contribution is 0.0257. The highest BCUT2D eigenvalue weighted by atomic mass is 127. The topological polar surface area (TPSA) is 69.1 Å². The van der Waals surface area contributed by atoms with Crippen molar-refractivity contribution in [2.75, 3.05) is 44.3 Å². The van der Waals surface area contributed by atoms with Gasteiger partial charge in [0.2, 0.25) is 0 Å². The Hall–Kier alpha value is -1.06. The zero-order valence-electron chi connectivity index (χ0n) is 18.2. The average molecular weight is 518 g/mol. The normalized spacial score (nSPS) is 15.0. The summed E-state index contributed by atoms with van der Waals surface area (Å²) in [5, 5.41) is 17.5. The summed E-state index contributed by atoms with van der Waals surface area (Å²) in [5.41, 5.74) is 1.77. The summed E-state index contributed by atoms with van der Waals surface area (Å²) in [7, 11) is 0. The lowest BCUT2D eigenvalue weighted by Crippen LogP contribution is -2.47. The number of nitrogens with one attached hydrogen (secondary N) is 2. The first-order valence-electron chi connectivity index (χ1n) is 10.8. The maximum absolute atomic E-state index is 10.9. The Bertz CT molecular complexity index is 600. The molecular formula is C22H39IN4O2. The van der Waals surface area contributed by atoms with Crippen LogP contribution in [-0.4, -0.2) is 56.1 Å². The predicted molar refractivity (Wildman–Crippen MR) is 132 cm³/mol. The molecule has 0 saturated carbocycles. The molecule has 3 N–H and O–H groups in total. The summed E-state index contributed by atoms with van der Waals surface area (Å²) in [6.07, 6.45) is 3.54. The minimum absolute atomic E-state index is 0. The van der Waals surface area contributed by atoms with Gasteiger partial charge in [-0.2, -0.15) is 0 Å². The molecular weight excluding hydrogens is 479 g/mol. The predicted octanol–water partition coefficient (Wildman–Crippen LogP) is 3.53. The number of ether oxygens (including phenoxy) is 1. The Kier molecular flexibility index (Phi) is 12.6. The van der Waals surface area contributed by atoms with Crippen LogP contribution in [0.25, 0.3) is 0 Å². The number of benzene rings is 1. The quantitative estimate of drug-likeness (QED) is 0.251. The van der Waals surface area contributed by atoms with Gasteiger partial charge in [0.1, 0.15) is 0 Å². The van der Waals surface area contributed by atoms with E-state index in [9.17, 15) is 5.11 Å². The Morgan fingerprint density at radius 3 is 2.38 bits per heavy atom. The van der Waals surface area contributed by atoms with Gasteiger partial charge in [0.15, 0.2) is 5.96 Å². The zero-order chi connectivity index (χ0) is 20.2. The van der Waals surface area contributed by atoms with E-state index in [1.54, 1.807) is 0 Å². The SMILES string of the molecule is CCCC(O)(CCC)CNC(=NCc1ccccc1N1CCOCC1)NCC.I. The number of hydrogen-bond acceptors (Lipinski definition) is 4. The highest BCUT2D eigenvalue weighted by Crippen LogP contribution is 2.22. The van der Waals surface area contributed by atoms with Crippen molar-refractivity contribution in [2.24, 2.45) is 4.99 Å². The maximum atomic E-state index is 10.9. The van der Waals surface area contributed by atoms with Crippen LogP contribution in [0.1, 0.15) is 52.0 Å². The Morgan fingerprint density at radius 1 is 1.10 bits per heavy atom. The standard InChI is InChI=1S/C22H38N4O2.HI/c1-4-11-22(27,12-5-2)18-25-21(23-6-3)24-17-19-9-7-8-10-20(19)26-13-15-28-16-14-26;/h7-10,27H,4-6,11-18H2,1-3H3,(H2,23,24,25);1H. The molecule has 1 fully saturated rings. The van der Waals surface area contributed by atoms with E-state index >= 15 is 0 Å². The second kappa shape index (κ2) is 14.0. The fourth-order valence-corrected chi connectivity index (χ4v) is 3.74. The van der Waals surface area contributed by atoms with Crippen molar-refractivity contribution in [1.82, 2.24) is 10.6 Å². The molecule has 1 aliphatic rings. The van der Waals surface area contributed by atoms with Crippen molar-refractivity contribution in [2.45, 2.75) is 58.6 Å². The van der Waals surface area contributed by atoms with Gasteiger partial charge in [-0.15, -0.1) is 24.0 Å². The summed E-state index contributed by atoms with van der Waals surface area (Å²) in [4.78, 5) is 7.16. The van der Waals surface area contributed by atoms with Crippen LogP contribution in [-0.2, 0) is 11.3 Å². The first-order chi connectivity index (χ1) is 13.6. The summed E-state index contributed by atoms with van der Waals surface area (Å²) in [5.74, 6) is 0.755. The lowest BCUT2D eigenvalue weighted by Gasteiger charge is -2.30. The van der Waals surface area contributed by atoms with Crippen LogP contribution in [0.15, 0.2) is 29.3 Å². The first-order valence-corrected chi connectivity index (χ1v) is 10.8. The first kappa shape index (κ1) is 26.0. The Labute approximate surface area is 193 Å². The van der Waals surface area contributed by atoms with Gasteiger partial charge in [-0.3, -0.25) is 0 Å². The number of rotatable bonds is 10. The number of morpholine rings is 1. The monoisotopic (exact) mass is 518 g/mol. The van der Waals surface area contributed by atoms with Gasteiger partial charge in [0.05, 0.1) is 25.4 Å². The number of halogens is 1. The molecule has 1 aliphatic heterocycles. The minimum Gasteiger partial charge on any atom is -0.388 e. The number of hydrogen-bond donors (Lipinski definition) is 3. The highest BCUT2D eigenvalue weighted by Gasteiger charge is 2.25. The minimum atomic E-state index is -0.675. The van der Waals surface area contributed by atoms with Crippen molar-refractivity contribution < 1.29 is 9.84 Å². The van der Waals surface area contributed by atoms with Gasteiger partial charge in [0, 0.05) is 31.9 Å². The molecule has 2 rings (SSSR count). The van der Waals surface area contributed by atoms with E-state index in [0.717, 1.165) is 64.5 Å². The van der Waals surface area contributed by atoms with Crippen molar-refractivity contribution in [3.8, 4) is 0 Å². The summed E-state index contributed by atoms with van der Waals surface area (Å²) in [6, 6.07) is 8.45. The number of para-hydroxylation sites is 1. The number of guanidine groups is 1. The van der Waals surface area contributed by atoms with Crippen LogP contribution in [0.5, 0.6) is 0 Å². The van der Waals surface area contributed by atoms with Crippen molar-refractivity contribution >= 4 is 35.6 Å². The molecule has 1 saturated heterocycles. The van der Waals surface area contributed by atoms with E-state index < -0.39 is 5.60 Å². The van der Waals surface area contributed by atoms with Crippen molar-refractivity contribution in [3.05, 3.63) is 29.8 Å². The second-order valence-corrected chi connectivity index (χ2v) is 7.50. The van der Waals surface area contributed by atoms with Crippen LogP contribution in [0.3, 0.4) is 0 Å². The van der Waals surface area contributed by atoms with Gasteiger partial charge in [-0.25, -0.2) is 4.99 Å². The largest absolute Gasteiger partial charge is 0.388 e. The fraction of sp³-hybridized carbons (Fsp3) is 0.682. The number of aliphatic imine (C=N–C) groups is 1. The van der Waals surface area contributed by atoms with E-state index in [4.69, 9.17) is 9.73 Å². The molecule has 7 heteroatoms. The third-order valence-electron chi connectivity index (χ3n) is 5.11. The number of nitrogens with zero attached hydrogens (tertiary/aromatic N) is 2. The third-order valence-corrected chi connectivity index (χ3v) is 5.11. The highest BCUT2D eigenvalue weighted by molar-refractivity contribution is 14.0. The molecule has 0 spiro atoms. The molecule has 0 unspecified atom stereocenters. The molecule has 166 valence electrons. The maximum Gasteiger partial charge on any atom is 0.191 e. The molecule has 0 atom stereocenters. The van der Waals surface area contributed by atoms with E-state index in [1.165, 1.54) is 11.3 Å². The number of anilines is 1. The Morgan fingerprint density at radius 2 is 1.76 bits per heavy atom. The second-order valence-electron chi connectivity index (χ2n) is 7.50. The summed E-state index contributed by atoms with van der Waals surface area (Å²) >= 11 is 0.